The van der Waals surface area contributed by atoms with E-state index in [1.54, 1.807) is 6.26 Å². The Labute approximate surface area is 267 Å². The molecule has 0 aliphatic heterocycles. The number of rotatable bonds is 3. The van der Waals surface area contributed by atoms with E-state index >= 15 is 0 Å². The van der Waals surface area contributed by atoms with E-state index in [9.17, 15) is 0 Å². The zero-order valence-corrected chi connectivity index (χ0v) is 25.7. The molecule has 1 nitrogen and oxygen atoms in total. The van der Waals surface area contributed by atoms with E-state index in [-0.39, 0.29) is 0 Å². The van der Waals surface area contributed by atoms with Gasteiger partial charge in [0.1, 0.15) is 5.58 Å². The summed E-state index contributed by atoms with van der Waals surface area (Å²) < 4.78 is 11.1. The molecule has 3 heterocycles. The number of fused-ring (bicyclic) bond motifs is 8. The van der Waals surface area contributed by atoms with Crippen molar-refractivity contribution >= 4 is 84.8 Å². The molecule has 0 saturated carbocycles. The van der Waals surface area contributed by atoms with Gasteiger partial charge in [-0.25, -0.2) is 0 Å². The fraction of sp³-hybridized carbons (Fsp3) is 0. The lowest BCUT2D eigenvalue weighted by Crippen LogP contribution is -1.83. The average molecular weight is 609 g/mol. The molecule has 0 aliphatic carbocycles. The van der Waals surface area contributed by atoms with Gasteiger partial charge in [0.25, 0.3) is 0 Å². The fourth-order valence-corrected chi connectivity index (χ4v) is 9.42. The lowest BCUT2D eigenvalue weighted by molar-refractivity contribution is 0.616. The Hall–Kier alpha value is -5.22. The van der Waals surface area contributed by atoms with Crippen LogP contribution < -0.4 is 0 Å². The average Bonchev–Trinajstić information content (AvgIpc) is 3.80. The summed E-state index contributed by atoms with van der Waals surface area (Å²) in [5, 5.41) is 9.08. The molecule has 0 spiro atoms. The molecule has 0 atom stereocenters. The normalized spacial score (nSPS) is 12.0. The maximum absolute atomic E-state index is 5.50. The Balaban J connectivity index is 0.972. The van der Waals surface area contributed by atoms with Gasteiger partial charge < -0.3 is 4.42 Å². The summed E-state index contributed by atoms with van der Waals surface area (Å²) in [5.41, 5.74) is 8.24. The third kappa shape index (κ3) is 4.05. The Morgan fingerprint density at radius 3 is 1.44 bits per heavy atom. The number of hydrogen-bond donors (Lipinski definition) is 0. The van der Waals surface area contributed by atoms with Gasteiger partial charge in [0.2, 0.25) is 0 Å². The van der Waals surface area contributed by atoms with Crippen molar-refractivity contribution in [3.63, 3.8) is 0 Å². The van der Waals surface area contributed by atoms with Gasteiger partial charge in [-0.2, -0.15) is 0 Å². The van der Waals surface area contributed by atoms with Crippen molar-refractivity contribution in [3.05, 3.63) is 146 Å². The Morgan fingerprint density at radius 2 is 0.822 bits per heavy atom. The topological polar surface area (TPSA) is 13.1 Å². The highest BCUT2D eigenvalue weighted by Gasteiger charge is 2.14. The molecular formula is C42H24OS2. The predicted octanol–water partition coefficient (Wildman–Crippen LogP) is 13.3. The molecule has 0 aliphatic rings. The van der Waals surface area contributed by atoms with Crippen LogP contribution in [0.3, 0.4) is 0 Å². The van der Waals surface area contributed by atoms with Gasteiger partial charge in [-0.05, 0) is 103 Å². The van der Waals surface area contributed by atoms with E-state index in [0.717, 1.165) is 11.0 Å². The summed E-state index contributed by atoms with van der Waals surface area (Å²) >= 11 is 3.86. The summed E-state index contributed by atoms with van der Waals surface area (Å²) in [4.78, 5) is 0. The first-order chi connectivity index (χ1) is 22.2. The van der Waals surface area contributed by atoms with Crippen molar-refractivity contribution in [2.45, 2.75) is 0 Å². The van der Waals surface area contributed by atoms with Gasteiger partial charge in [-0.1, -0.05) is 91.0 Å². The molecule has 210 valence electrons. The van der Waals surface area contributed by atoms with Gasteiger partial charge in [0.05, 0.1) is 15.7 Å². The van der Waals surface area contributed by atoms with Crippen LogP contribution in [0.5, 0.6) is 0 Å². The Bertz CT molecular complexity index is 2740. The minimum absolute atomic E-state index is 0.921. The highest BCUT2D eigenvalue weighted by Crippen LogP contribution is 2.46. The van der Waals surface area contributed by atoms with Crippen molar-refractivity contribution in [3.8, 4) is 33.4 Å². The molecule has 0 bridgehead atoms. The fourth-order valence-electron chi connectivity index (χ4n) is 6.72. The van der Waals surface area contributed by atoms with E-state index in [2.05, 4.69) is 127 Å². The van der Waals surface area contributed by atoms with Gasteiger partial charge in [0.15, 0.2) is 0 Å². The van der Waals surface area contributed by atoms with Crippen molar-refractivity contribution in [1.29, 1.82) is 0 Å². The molecule has 7 aromatic carbocycles. The van der Waals surface area contributed by atoms with Crippen LogP contribution in [-0.4, -0.2) is 0 Å². The zero-order valence-electron chi connectivity index (χ0n) is 24.1. The van der Waals surface area contributed by atoms with Crippen LogP contribution in [0.4, 0.5) is 0 Å². The van der Waals surface area contributed by atoms with Crippen LogP contribution >= 0.6 is 22.7 Å². The van der Waals surface area contributed by atoms with Crippen molar-refractivity contribution < 1.29 is 4.42 Å². The molecule has 3 aromatic heterocycles. The predicted molar refractivity (Wildman–Crippen MR) is 196 cm³/mol. The highest BCUT2D eigenvalue weighted by atomic mass is 32.1. The second-order valence-corrected chi connectivity index (χ2v) is 13.9. The Kier molecular flexibility index (Phi) is 5.39. The maximum atomic E-state index is 5.50. The molecular weight excluding hydrogens is 585 g/mol. The molecule has 0 unspecified atom stereocenters. The van der Waals surface area contributed by atoms with E-state index in [0.29, 0.717) is 0 Å². The minimum atomic E-state index is 0.921. The summed E-state index contributed by atoms with van der Waals surface area (Å²) in [6, 6.07) is 51.2. The van der Waals surface area contributed by atoms with Gasteiger partial charge in [-0.15, -0.1) is 22.7 Å². The van der Waals surface area contributed by atoms with Crippen LogP contribution in [0.25, 0.3) is 95.5 Å². The minimum Gasteiger partial charge on any atom is -0.464 e. The lowest BCUT2D eigenvalue weighted by atomic mass is 9.96. The van der Waals surface area contributed by atoms with Crippen molar-refractivity contribution in [2.75, 3.05) is 0 Å². The maximum Gasteiger partial charge on any atom is 0.133 e. The SMILES string of the molecule is c1ccc2cc3c(cc2c1)sc1c2cc4ccc(-c5ccc(-c6ccc(-c7ccc8occc8c7)cc6)cc5)cc4cc2sc31. The molecule has 10 aromatic rings. The summed E-state index contributed by atoms with van der Waals surface area (Å²) in [7, 11) is 0. The van der Waals surface area contributed by atoms with Crippen molar-refractivity contribution in [1.82, 2.24) is 0 Å². The number of benzene rings is 7. The first kappa shape index (κ1) is 25.1. The van der Waals surface area contributed by atoms with Gasteiger partial charge in [0, 0.05) is 25.6 Å². The molecule has 0 radical (unpaired) electrons. The molecule has 45 heavy (non-hydrogen) atoms. The number of furan rings is 1. The molecule has 0 saturated heterocycles. The third-order valence-electron chi connectivity index (χ3n) is 9.13. The zero-order chi connectivity index (χ0) is 29.5. The van der Waals surface area contributed by atoms with E-state index in [1.807, 2.05) is 34.8 Å². The summed E-state index contributed by atoms with van der Waals surface area (Å²) in [5.74, 6) is 0. The second kappa shape index (κ2) is 9.64. The molecule has 0 N–H and O–H groups in total. The van der Waals surface area contributed by atoms with Crippen LogP contribution in [0.1, 0.15) is 0 Å². The number of hydrogen-bond acceptors (Lipinski definition) is 3. The van der Waals surface area contributed by atoms with E-state index in [4.69, 9.17) is 4.42 Å². The first-order valence-corrected chi connectivity index (χ1v) is 16.8. The second-order valence-electron chi connectivity index (χ2n) is 11.8. The molecule has 0 fully saturated rings. The summed E-state index contributed by atoms with van der Waals surface area (Å²) in [6.45, 7) is 0. The highest BCUT2D eigenvalue weighted by molar-refractivity contribution is 7.36. The van der Waals surface area contributed by atoms with Crippen LogP contribution in [0.2, 0.25) is 0 Å². The van der Waals surface area contributed by atoms with Gasteiger partial charge >= 0.3 is 0 Å². The third-order valence-corrected chi connectivity index (χ3v) is 11.6. The molecule has 0 amide bonds. The van der Waals surface area contributed by atoms with E-state index < -0.39 is 0 Å². The van der Waals surface area contributed by atoms with E-state index in [1.165, 1.54) is 84.5 Å². The Morgan fingerprint density at radius 1 is 0.356 bits per heavy atom. The van der Waals surface area contributed by atoms with Crippen LogP contribution in [-0.2, 0) is 0 Å². The van der Waals surface area contributed by atoms with Crippen LogP contribution in [0, 0.1) is 0 Å². The molecule has 3 heteroatoms. The lowest BCUT2D eigenvalue weighted by Gasteiger charge is -2.08. The van der Waals surface area contributed by atoms with Crippen LogP contribution in [0.15, 0.2) is 150 Å². The van der Waals surface area contributed by atoms with Crippen molar-refractivity contribution in [2.24, 2.45) is 0 Å². The first-order valence-electron chi connectivity index (χ1n) is 15.1. The monoisotopic (exact) mass is 608 g/mol. The number of thiophene rings is 2. The summed E-state index contributed by atoms with van der Waals surface area (Å²) in [6.07, 6.45) is 1.74. The molecule has 10 rings (SSSR count). The smallest absolute Gasteiger partial charge is 0.133 e. The largest absolute Gasteiger partial charge is 0.464 e. The van der Waals surface area contributed by atoms with Gasteiger partial charge in [-0.3, -0.25) is 0 Å². The standard InChI is InChI=1S/C42H24OS2/c1-2-4-30-23-39-36(21-29(30)3-1)41-42(44-39)37-22-33-14-13-31(20-35(33)24-40(37)45-41)27-9-5-25(6-10-27)26-7-11-28(12-8-26)32-15-16-38-34(19-32)17-18-43-38/h1-24H. The quantitative estimate of drug-likeness (QED) is 0.194.